The summed E-state index contributed by atoms with van der Waals surface area (Å²) in [6.45, 7) is 6.64. The molecule has 1 atom stereocenters. The first-order chi connectivity index (χ1) is 8.77. The van der Waals surface area contributed by atoms with Gasteiger partial charge in [-0.1, -0.05) is 12.1 Å². The normalized spacial score (nSPS) is 12.4. The van der Waals surface area contributed by atoms with Gasteiger partial charge in [-0.3, -0.25) is 0 Å². The lowest BCUT2D eigenvalue weighted by Crippen LogP contribution is -2.23. The van der Waals surface area contributed by atoms with E-state index < -0.39 is 0 Å². The van der Waals surface area contributed by atoms with Crippen molar-refractivity contribution in [3.8, 4) is 5.75 Å². The minimum Gasteiger partial charge on any atom is -0.494 e. The number of rotatable bonds is 9. The Balaban J connectivity index is 2.30. The average Bonchev–Trinajstić information content (AvgIpc) is 2.39. The number of aliphatic hydroxyl groups excluding tert-OH is 1. The predicted molar refractivity (Wildman–Crippen MR) is 71.9 cm³/mol. The van der Waals surface area contributed by atoms with Crippen LogP contribution in [0.3, 0.4) is 0 Å². The Morgan fingerprint density at radius 3 is 2.56 bits per heavy atom. The Hall–Kier alpha value is -1.10. The predicted octanol–water partition coefficient (Wildman–Crippen LogP) is 1.74. The molecule has 2 N–H and O–H groups in total. The molecule has 0 saturated heterocycles. The first-order valence-corrected chi connectivity index (χ1v) is 6.42. The van der Waals surface area contributed by atoms with Gasteiger partial charge in [0, 0.05) is 12.6 Å². The lowest BCUT2D eigenvalue weighted by atomic mass is 10.1. The summed E-state index contributed by atoms with van der Waals surface area (Å²) in [5, 5.41) is 11.9. The highest BCUT2D eigenvalue weighted by Crippen LogP contribution is 2.17. The van der Waals surface area contributed by atoms with Crippen LogP contribution in [0.15, 0.2) is 24.3 Å². The lowest BCUT2D eigenvalue weighted by molar-refractivity contribution is 0.0928. The molecule has 102 valence electrons. The molecule has 1 unspecified atom stereocenters. The van der Waals surface area contributed by atoms with E-state index in [2.05, 4.69) is 24.4 Å². The molecule has 0 saturated carbocycles. The molecule has 0 spiro atoms. The van der Waals surface area contributed by atoms with E-state index in [9.17, 15) is 0 Å². The second-order valence-corrected chi connectivity index (χ2v) is 4.01. The van der Waals surface area contributed by atoms with Crippen LogP contribution in [0.1, 0.15) is 25.5 Å². The van der Waals surface area contributed by atoms with Gasteiger partial charge in [-0.15, -0.1) is 0 Å². The largest absolute Gasteiger partial charge is 0.494 e. The highest BCUT2D eigenvalue weighted by atomic mass is 16.5. The summed E-state index contributed by atoms with van der Waals surface area (Å²) in [5.41, 5.74) is 1.22. The minimum atomic E-state index is 0.0778. The van der Waals surface area contributed by atoms with Crippen LogP contribution in [0, 0.1) is 0 Å². The quantitative estimate of drug-likeness (QED) is 0.658. The third-order valence-electron chi connectivity index (χ3n) is 2.62. The molecule has 0 bridgehead atoms. The van der Waals surface area contributed by atoms with E-state index in [0.29, 0.717) is 19.8 Å². The fourth-order valence-corrected chi connectivity index (χ4v) is 1.65. The second-order valence-electron chi connectivity index (χ2n) is 4.01. The third kappa shape index (κ3) is 5.49. The fraction of sp³-hybridized carbons (Fsp3) is 0.571. The number of hydrogen-bond acceptors (Lipinski definition) is 4. The van der Waals surface area contributed by atoms with E-state index in [4.69, 9.17) is 14.6 Å². The number of hydrogen-bond donors (Lipinski definition) is 2. The maximum absolute atomic E-state index is 8.57. The zero-order chi connectivity index (χ0) is 13.2. The van der Waals surface area contributed by atoms with Crippen LogP contribution >= 0.6 is 0 Å². The lowest BCUT2D eigenvalue weighted by Gasteiger charge is -2.14. The smallest absolute Gasteiger partial charge is 0.119 e. The van der Waals surface area contributed by atoms with Gasteiger partial charge in [0.05, 0.1) is 26.4 Å². The molecule has 0 radical (unpaired) electrons. The molecule has 0 aliphatic rings. The van der Waals surface area contributed by atoms with Gasteiger partial charge in [0.2, 0.25) is 0 Å². The summed E-state index contributed by atoms with van der Waals surface area (Å²) in [7, 11) is 0. The van der Waals surface area contributed by atoms with Gasteiger partial charge >= 0.3 is 0 Å². The van der Waals surface area contributed by atoms with Crippen molar-refractivity contribution in [1.82, 2.24) is 5.32 Å². The van der Waals surface area contributed by atoms with E-state index in [0.717, 1.165) is 12.3 Å². The first-order valence-electron chi connectivity index (χ1n) is 6.42. The fourth-order valence-electron chi connectivity index (χ4n) is 1.65. The maximum Gasteiger partial charge on any atom is 0.119 e. The van der Waals surface area contributed by atoms with Crippen molar-refractivity contribution in [1.29, 1.82) is 0 Å². The Morgan fingerprint density at radius 1 is 1.22 bits per heavy atom. The van der Waals surface area contributed by atoms with Gasteiger partial charge < -0.3 is 19.9 Å². The molecular weight excluding hydrogens is 230 g/mol. The zero-order valence-electron chi connectivity index (χ0n) is 11.2. The van der Waals surface area contributed by atoms with Gasteiger partial charge in [-0.2, -0.15) is 0 Å². The monoisotopic (exact) mass is 253 g/mol. The Morgan fingerprint density at radius 2 is 1.94 bits per heavy atom. The standard InChI is InChI=1S/C14H23NO3/c1-3-18-14-6-4-13(5-7-14)12(2)15-8-10-17-11-9-16/h4-7,12,15-16H,3,8-11H2,1-2H3. The Bertz CT molecular complexity index is 313. The van der Waals surface area contributed by atoms with Crippen molar-refractivity contribution in [3.63, 3.8) is 0 Å². The van der Waals surface area contributed by atoms with Gasteiger partial charge in [0.15, 0.2) is 0 Å². The van der Waals surface area contributed by atoms with E-state index in [-0.39, 0.29) is 12.6 Å². The van der Waals surface area contributed by atoms with Crippen LogP contribution in [-0.2, 0) is 4.74 Å². The Labute approximate surface area is 109 Å². The average molecular weight is 253 g/mol. The molecule has 1 rings (SSSR count). The number of benzene rings is 1. The first kappa shape index (κ1) is 15.0. The van der Waals surface area contributed by atoms with Crippen LogP contribution < -0.4 is 10.1 Å². The summed E-state index contributed by atoms with van der Waals surface area (Å²) in [4.78, 5) is 0. The zero-order valence-corrected chi connectivity index (χ0v) is 11.2. The van der Waals surface area contributed by atoms with Crippen molar-refractivity contribution >= 4 is 0 Å². The van der Waals surface area contributed by atoms with Gasteiger partial charge in [-0.05, 0) is 31.5 Å². The highest BCUT2D eigenvalue weighted by molar-refractivity contribution is 5.28. The molecule has 0 fully saturated rings. The summed E-state index contributed by atoms with van der Waals surface area (Å²) in [5.74, 6) is 0.903. The van der Waals surface area contributed by atoms with Crippen LogP contribution in [0.25, 0.3) is 0 Å². The van der Waals surface area contributed by atoms with Gasteiger partial charge in [0.25, 0.3) is 0 Å². The van der Waals surface area contributed by atoms with Gasteiger partial charge in [-0.25, -0.2) is 0 Å². The molecule has 0 aliphatic heterocycles. The summed E-state index contributed by atoms with van der Waals surface area (Å²) >= 11 is 0. The number of nitrogens with one attached hydrogen (secondary N) is 1. The summed E-state index contributed by atoms with van der Waals surface area (Å²) in [6, 6.07) is 8.38. The topological polar surface area (TPSA) is 50.7 Å². The molecule has 1 aromatic rings. The summed E-state index contributed by atoms with van der Waals surface area (Å²) in [6.07, 6.45) is 0. The van der Waals surface area contributed by atoms with Crippen LogP contribution in [0.4, 0.5) is 0 Å². The molecule has 0 amide bonds. The molecule has 4 nitrogen and oxygen atoms in total. The van der Waals surface area contributed by atoms with Crippen molar-refractivity contribution < 1.29 is 14.6 Å². The van der Waals surface area contributed by atoms with E-state index in [1.807, 2.05) is 19.1 Å². The highest BCUT2D eigenvalue weighted by Gasteiger charge is 2.04. The molecule has 4 heteroatoms. The molecule has 18 heavy (non-hydrogen) atoms. The van der Waals surface area contributed by atoms with Crippen molar-refractivity contribution in [3.05, 3.63) is 29.8 Å². The minimum absolute atomic E-state index is 0.0778. The molecule has 1 aromatic carbocycles. The van der Waals surface area contributed by atoms with E-state index in [1.54, 1.807) is 0 Å². The summed E-state index contributed by atoms with van der Waals surface area (Å²) < 4.78 is 10.6. The van der Waals surface area contributed by atoms with Crippen molar-refractivity contribution in [2.45, 2.75) is 19.9 Å². The molecule has 0 heterocycles. The third-order valence-corrected chi connectivity index (χ3v) is 2.62. The van der Waals surface area contributed by atoms with Crippen LogP contribution in [0.5, 0.6) is 5.75 Å². The molecular formula is C14H23NO3. The van der Waals surface area contributed by atoms with Crippen molar-refractivity contribution in [2.24, 2.45) is 0 Å². The maximum atomic E-state index is 8.57. The van der Waals surface area contributed by atoms with Crippen molar-refractivity contribution in [2.75, 3.05) is 33.0 Å². The van der Waals surface area contributed by atoms with Gasteiger partial charge in [0.1, 0.15) is 5.75 Å². The van der Waals surface area contributed by atoms with E-state index in [1.165, 1.54) is 5.56 Å². The molecule has 0 aliphatic carbocycles. The SMILES string of the molecule is CCOc1ccc(C(C)NCCOCCO)cc1. The number of ether oxygens (including phenoxy) is 2. The Kier molecular flexibility index (Phi) is 7.41. The van der Waals surface area contributed by atoms with Crippen LogP contribution in [0.2, 0.25) is 0 Å². The van der Waals surface area contributed by atoms with Crippen LogP contribution in [-0.4, -0.2) is 38.1 Å². The molecule has 0 aromatic heterocycles. The number of aliphatic hydroxyl groups is 1. The second kappa shape index (κ2) is 8.91. The van der Waals surface area contributed by atoms with E-state index >= 15 is 0 Å².